The Morgan fingerprint density at radius 3 is 2.54 bits per heavy atom. The molecule has 0 radical (unpaired) electrons. The third kappa shape index (κ3) is 4.19. The fourth-order valence-electron chi connectivity index (χ4n) is 2.31. The molecule has 3 rings (SSSR count). The summed E-state index contributed by atoms with van der Waals surface area (Å²) in [5.41, 5.74) is 0.607. The van der Waals surface area contributed by atoms with Gasteiger partial charge in [0.15, 0.2) is 9.84 Å². The highest BCUT2D eigenvalue weighted by atomic mass is 35.5. The van der Waals surface area contributed by atoms with E-state index < -0.39 is 21.0 Å². The zero-order valence-corrected chi connectivity index (χ0v) is 17.1. The second-order valence-corrected chi connectivity index (χ2v) is 9.46. The number of amides is 1. The predicted octanol–water partition coefficient (Wildman–Crippen LogP) is 4.48. The number of anilines is 1. The highest BCUT2D eigenvalue weighted by molar-refractivity contribution is 7.92. The van der Waals surface area contributed by atoms with E-state index in [1.807, 2.05) is 0 Å². The molecule has 10 heteroatoms. The Morgan fingerprint density at radius 2 is 1.86 bits per heavy atom. The maximum Gasteiger partial charge on any atom is 0.322 e. The van der Waals surface area contributed by atoms with Crippen molar-refractivity contribution in [1.82, 2.24) is 10.2 Å². The van der Waals surface area contributed by atoms with Gasteiger partial charge >= 0.3 is 6.01 Å². The molecule has 28 heavy (non-hydrogen) atoms. The second kappa shape index (κ2) is 7.90. The molecule has 0 bridgehead atoms. The number of hydrogen-bond acceptors (Lipinski definition) is 6. The molecule has 0 saturated carbocycles. The Bertz CT molecular complexity index is 1140. The molecule has 1 N–H and O–H groups in total. The van der Waals surface area contributed by atoms with Crippen molar-refractivity contribution in [3.05, 3.63) is 58.1 Å². The number of aromatic nitrogens is 2. The van der Waals surface area contributed by atoms with E-state index in [-0.39, 0.29) is 27.4 Å². The van der Waals surface area contributed by atoms with E-state index in [1.165, 1.54) is 30.3 Å². The maximum atomic E-state index is 12.3. The number of benzene rings is 2. The van der Waals surface area contributed by atoms with Crippen molar-refractivity contribution in [2.24, 2.45) is 0 Å². The first kappa shape index (κ1) is 20.3. The van der Waals surface area contributed by atoms with Crippen LogP contribution in [0.4, 0.5) is 6.01 Å². The normalized spacial score (nSPS) is 11.6. The lowest BCUT2D eigenvalue weighted by Gasteiger charge is -2.08. The SMILES string of the molecule is CC(C)S(=O)(=O)c1cccc(-c2nnc(NC(=O)c3ccc(Cl)cc3Cl)o2)c1. The smallest absolute Gasteiger partial charge is 0.322 e. The topological polar surface area (TPSA) is 102 Å². The summed E-state index contributed by atoms with van der Waals surface area (Å²) in [5, 5.41) is 10.1. The molecule has 146 valence electrons. The van der Waals surface area contributed by atoms with Crippen molar-refractivity contribution in [3.63, 3.8) is 0 Å². The van der Waals surface area contributed by atoms with Crippen LogP contribution >= 0.6 is 23.2 Å². The van der Waals surface area contributed by atoms with Gasteiger partial charge in [-0.1, -0.05) is 34.4 Å². The number of rotatable bonds is 5. The molecule has 2 aromatic carbocycles. The molecular formula is C18H15Cl2N3O4S. The van der Waals surface area contributed by atoms with Gasteiger partial charge in [0.1, 0.15) is 0 Å². The molecule has 0 fully saturated rings. The Balaban J connectivity index is 1.84. The van der Waals surface area contributed by atoms with Gasteiger partial charge in [0, 0.05) is 10.6 Å². The average molecular weight is 440 g/mol. The van der Waals surface area contributed by atoms with Gasteiger partial charge in [0.2, 0.25) is 5.89 Å². The van der Waals surface area contributed by atoms with E-state index >= 15 is 0 Å². The average Bonchev–Trinajstić information content (AvgIpc) is 3.10. The summed E-state index contributed by atoms with van der Waals surface area (Å²) in [4.78, 5) is 12.5. The fraction of sp³-hybridized carbons (Fsp3) is 0.167. The van der Waals surface area contributed by atoms with Crippen molar-refractivity contribution in [1.29, 1.82) is 0 Å². The number of carbonyl (C=O) groups is 1. The van der Waals surface area contributed by atoms with E-state index in [1.54, 1.807) is 26.0 Å². The quantitative estimate of drug-likeness (QED) is 0.628. The van der Waals surface area contributed by atoms with Gasteiger partial charge in [-0.3, -0.25) is 10.1 Å². The Kier molecular flexibility index (Phi) is 5.74. The van der Waals surface area contributed by atoms with E-state index in [0.29, 0.717) is 10.6 Å². The minimum atomic E-state index is -3.45. The number of nitrogens with zero attached hydrogens (tertiary/aromatic N) is 2. The van der Waals surface area contributed by atoms with Crippen LogP contribution < -0.4 is 5.32 Å². The Labute approximate surface area is 171 Å². The van der Waals surface area contributed by atoms with Crippen molar-refractivity contribution in [2.45, 2.75) is 24.0 Å². The molecule has 0 unspecified atom stereocenters. The lowest BCUT2D eigenvalue weighted by atomic mass is 10.2. The van der Waals surface area contributed by atoms with Gasteiger partial charge in [-0.05, 0) is 50.2 Å². The zero-order chi connectivity index (χ0) is 20.5. The molecule has 0 aliphatic rings. The van der Waals surface area contributed by atoms with Crippen molar-refractivity contribution >= 4 is 45.0 Å². The number of nitrogens with one attached hydrogen (secondary N) is 1. The van der Waals surface area contributed by atoms with Gasteiger partial charge in [0.05, 0.1) is 20.7 Å². The van der Waals surface area contributed by atoms with Gasteiger partial charge in [-0.2, -0.15) is 0 Å². The largest absolute Gasteiger partial charge is 0.403 e. The monoisotopic (exact) mass is 439 g/mol. The highest BCUT2D eigenvalue weighted by Gasteiger charge is 2.21. The van der Waals surface area contributed by atoms with Gasteiger partial charge < -0.3 is 4.42 Å². The summed E-state index contributed by atoms with van der Waals surface area (Å²) < 4.78 is 30.1. The lowest BCUT2D eigenvalue weighted by Crippen LogP contribution is -2.13. The molecule has 1 heterocycles. The van der Waals surface area contributed by atoms with Crippen LogP contribution in [0.1, 0.15) is 24.2 Å². The lowest BCUT2D eigenvalue weighted by molar-refractivity contribution is 0.102. The summed E-state index contributed by atoms with van der Waals surface area (Å²) in [6, 6.07) is 10.5. The van der Waals surface area contributed by atoms with E-state index in [2.05, 4.69) is 15.5 Å². The molecule has 0 spiro atoms. The van der Waals surface area contributed by atoms with Crippen LogP contribution in [0.5, 0.6) is 0 Å². The van der Waals surface area contributed by atoms with Gasteiger partial charge in [0.25, 0.3) is 5.91 Å². The van der Waals surface area contributed by atoms with Crippen LogP contribution in [-0.4, -0.2) is 29.8 Å². The highest BCUT2D eigenvalue weighted by Crippen LogP contribution is 2.26. The molecule has 0 atom stereocenters. The molecule has 1 amide bonds. The zero-order valence-electron chi connectivity index (χ0n) is 14.8. The van der Waals surface area contributed by atoms with E-state index in [9.17, 15) is 13.2 Å². The van der Waals surface area contributed by atoms with Crippen LogP contribution in [0.2, 0.25) is 10.0 Å². The van der Waals surface area contributed by atoms with Gasteiger partial charge in [-0.25, -0.2) is 8.42 Å². The predicted molar refractivity (Wildman–Crippen MR) is 106 cm³/mol. The van der Waals surface area contributed by atoms with Gasteiger partial charge in [-0.15, -0.1) is 5.10 Å². The minimum absolute atomic E-state index is 0.0679. The first-order valence-electron chi connectivity index (χ1n) is 8.12. The maximum absolute atomic E-state index is 12.3. The molecule has 7 nitrogen and oxygen atoms in total. The summed E-state index contributed by atoms with van der Waals surface area (Å²) in [5.74, 6) is -0.480. The summed E-state index contributed by atoms with van der Waals surface area (Å²) in [6.07, 6.45) is 0. The molecule has 0 saturated heterocycles. The van der Waals surface area contributed by atoms with Crippen molar-refractivity contribution in [2.75, 3.05) is 5.32 Å². The molecule has 1 aromatic heterocycles. The van der Waals surface area contributed by atoms with Crippen LogP contribution in [-0.2, 0) is 9.84 Å². The summed E-state index contributed by atoms with van der Waals surface area (Å²) >= 11 is 11.8. The first-order chi connectivity index (χ1) is 13.2. The molecule has 0 aliphatic carbocycles. The van der Waals surface area contributed by atoms with E-state index in [0.717, 1.165) is 0 Å². The van der Waals surface area contributed by atoms with Crippen LogP contribution in [0, 0.1) is 0 Å². The minimum Gasteiger partial charge on any atom is -0.403 e. The first-order valence-corrected chi connectivity index (χ1v) is 10.4. The number of hydrogen-bond donors (Lipinski definition) is 1. The van der Waals surface area contributed by atoms with Crippen LogP contribution in [0.3, 0.4) is 0 Å². The third-order valence-electron chi connectivity index (χ3n) is 3.85. The van der Waals surface area contributed by atoms with E-state index in [4.69, 9.17) is 27.6 Å². The van der Waals surface area contributed by atoms with Crippen molar-refractivity contribution in [3.8, 4) is 11.5 Å². The molecular weight excluding hydrogens is 425 g/mol. The number of sulfone groups is 1. The summed E-state index contributed by atoms with van der Waals surface area (Å²) in [7, 11) is -3.45. The fourth-order valence-corrected chi connectivity index (χ4v) is 3.90. The van der Waals surface area contributed by atoms with Crippen molar-refractivity contribution < 1.29 is 17.6 Å². The number of halogens is 2. The van der Waals surface area contributed by atoms with Crippen LogP contribution in [0.15, 0.2) is 51.8 Å². The summed E-state index contributed by atoms with van der Waals surface area (Å²) in [6.45, 7) is 3.20. The Hall–Kier alpha value is -2.42. The molecule has 0 aliphatic heterocycles. The van der Waals surface area contributed by atoms with Crippen LogP contribution in [0.25, 0.3) is 11.5 Å². The third-order valence-corrected chi connectivity index (χ3v) is 6.55. The Morgan fingerprint density at radius 1 is 1.11 bits per heavy atom. The molecule has 3 aromatic rings. The second-order valence-electron chi connectivity index (χ2n) is 6.11. The standard InChI is InChI=1S/C18H15Cl2N3O4S/c1-10(2)28(25,26)13-5-3-4-11(8-13)17-22-23-18(27-17)21-16(24)14-7-6-12(19)9-15(14)20/h3-10H,1-2H3,(H,21,23,24). The number of carbonyl (C=O) groups excluding carboxylic acids is 1.